The second kappa shape index (κ2) is 10.2. The van der Waals surface area contributed by atoms with Gasteiger partial charge in [0.25, 0.3) is 15.9 Å². The summed E-state index contributed by atoms with van der Waals surface area (Å²) in [5, 5.41) is 4.07. The van der Waals surface area contributed by atoms with E-state index in [2.05, 4.69) is 33.1 Å². The summed E-state index contributed by atoms with van der Waals surface area (Å²) in [4.78, 5) is 12.6. The number of carbonyl (C=O) groups excluding carboxylic acids is 1. The molecule has 166 valence electrons. The first-order valence-corrected chi connectivity index (χ1v) is 12.1. The Bertz CT molecular complexity index is 1260. The standard InChI is InChI=1S/C23H21FIN3O3S/c1-16-10-12-20(13-11-16)32(30,31)28(22-9-4-3-8-21(22)24)15-23(29)27-26-17(2)18-6-5-7-19(25)14-18/h3-14H,15H2,1-2H3,(H,27,29)/b26-17-. The lowest BCUT2D eigenvalue weighted by Crippen LogP contribution is -2.40. The third-order valence-electron chi connectivity index (χ3n) is 4.61. The highest BCUT2D eigenvalue weighted by molar-refractivity contribution is 14.1. The number of sulfonamides is 1. The minimum Gasteiger partial charge on any atom is -0.271 e. The van der Waals surface area contributed by atoms with E-state index >= 15 is 0 Å². The number of anilines is 1. The van der Waals surface area contributed by atoms with Crippen LogP contribution in [0, 0.1) is 16.3 Å². The zero-order valence-corrected chi connectivity index (χ0v) is 20.4. The number of para-hydroxylation sites is 1. The molecule has 6 nitrogen and oxygen atoms in total. The van der Waals surface area contributed by atoms with Crippen molar-refractivity contribution in [1.29, 1.82) is 0 Å². The molecule has 0 unspecified atom stereocenters. The van der Waals surface area contributed by atoms with Gasteiger partial charge in [-0.2, -0.15) is 5.10 Å². The van der Waals surface area contributed by atoms with Crippen LogP contribution in [0.4, 0.5) is 10.1 Å². The van der Waals surface area contributed by atoms with Crippen molar-refractivity contribution >= 4 is 49.9 Å². The maximum absolute atomic E-state index is 14.5. The molecule has 0 saturated carbocycles. The molecule has 0 aliphatic heterocycles. The number of hydrogen-bond donors (Lipinski definition) is 1. The van der Waals surface area contributed by atoms with Gasteiger partial charge in [-0.3, -0.25) is 9.10 Å². The Morgan fingerprint density at radius 3 is 2.41 bits per heavy atom. The molecule has 32 heavy (non-hydrogen) atoms. The van der Waals surface area contributed by atoms with Crippen LogP contribution in [0.2, 0.25) is 0 Å². The first kappa shape index (κ1) is 23.9. The van der Waals surface area contributed by atoms with Crippen LogP contribution in [-0.4, -0.2) is 26.6 Å². The highest BCUT2D eigenvalue weighted by atomic mass is 127. The van der Waals surface area contributed by atoms with E-state index < -0.39 is 28.3 Å². The Labute approximate surface area is 200 Å². The number of rotatable bonds is 7. The number of amides is 1. The maximum atomic E-state index is 14.5. The molecule has 1 N–H and O–H groups in total. The Hall–Kier alpha value is -2.79. The third kappa shape index (κ3) is 5.71. The largest absolute Gasteiger partial charge is 0.271 e. The van der Waals surface area contributed by atoms with Crippen LogP contribution in [0.3, 0.4) is 0 Å². The fourth-order valence-corrected chi connectivity index (χ4v) is 4.85. The minimum absolute atomic E-state index is 0.0438. The molecule has 0 radical (unpaired) electrons. The normalized spacial score (nSPS) is 11.8. The molecule has 0 aromatic heterocycles. The average Bonchev–Trinajstić information content (AvgIpc) is 2.76. The van der Waals surface area contributed by atoms with Gasteiger partial charge in [0.05, 0.1) is 16.3 Å². The van der Waals surface area contributed by atoms with E-state index in [0.29, 0.717) is 5.71 Å². The van der Waals surface area contributed by atoms with Crippen LogP contribution in [0.1, 0.15) is 18.1 Å². The van der Waals surface area contributed by atoms with Crippen LogP contribution in [0.25, 0.3) is 0 Å². The zero-order chi connectivity index (χ0) is 23.3. The number of benzene rings is 3. The highest BCUT2D eigenvalue weighted by Crippen LogP contribution is 2.26. The van der Waals surface area contributed by atoms with E-state index in [-0.39, 0.29) is 10.6 Å². The zero-order valence-electron chi connectivity index (χ0n) is 17.4. The van der Waals surface area contributed by atoms with Crippen molar-refractivity contribution in [3.8, 4) is 0 Å². The topological polar surface area (TPSA) is 78.8 Å². The van der Waals surface area contributed by atoms with Crippen LogP contribution < -0.4 is 9.73 Å². The van der Waals surface area contributed by atoms with Gasteiger partial charge in [-0.1, -0.05) is 42.0 Å². The van der Waals surface area contributed by atoms with Gasteiger partial charge in [0, 0.05) is 3.57 Å². The van der Waals surface area contributed by atoms with Gasteiger partial charge < -0.3 is 0 Å². The predicted octanol–water partition coefficient (Wildman–Crippen LogP) is 4.47. The van der Waals surface area contributed by atoms with Crippen molar-refractivity contribution in [2.75, 3.05) is 10.8 Å². The first-order chi connectivity index (χ1) is 15.2. The Kier molecular flexibility index (Phi) is 7.62. The van der Waals surface area contributed by atoms with Crippen LogP contribution in [-0.2, 0) is 14.8 Å². The predicted molar refractivity (Wildman–Crippen MR) is 132 cm³/mol. The molecule has 3 rings (SSSR count). The molecule has 0 saturated heterocycles. The molecule has 3 aromatic rings. The molecule has 0 aliphatic carbocycles. The number of nitrogens with one attached hydrogen (secondary N) is 1. The molecule has 0 aliphatic rings. The minimum atomic E-state index is -4.20. The van der Waals surface area contributed by atoms with Gasteiger partial charge in [0.1, 0.15) is 12.4 Å². The molecule has 1 amide bonds. The highest BCUT2D eigenvalue weighted by Gasteiger charge is 2.29. The quantitative estimate of drug-likeness (QED) is 0.261. The van der Waals surface area contributed by atoms with Crippen LogP contribution >= 0.6 is 22.6 Å². The van der Waals surface area contributed by atoms with Crippen molar-refractivity contribution < 1.29 is 17.6 Å². The molecule has 0 atom stereocenters. The van der Waals surface area contributed by atoms with E-state index in [0.717, 1.165) is 25.1 Å². The van der Waals surface area contributed by atoms with E-state index in [1.165, 1.54) is 30.3 Å². The van der Waals surface area contributed by atoms with Gasteiger partial charge >= 0.3 is 0 Å². The fraction of sp³-hybridized carbons (Fsp3) is 0.130. The van der Waals surface area contributed by atoms with E-state index in [4.69, 9.17) is 0 Å². The van der Waals surface area contributed by atoms with Crippen molar-refractivity contribution in [3.63, 3.8) is 0 Å². The molecule has 0 fully saturated rings. The Balaban J connectivity index is 1.89. The first-order valence-electron chi connectivity index (χ1n) is 9.61. The Morgan fingerprint density at radius 2 is 1.75 bits per heavy atom. The van der Waals surface area contributed by atoms with Crippen molar-refractivity contribution in [2.24, 2.45) is 5.10 Å². The summed E-state index contributed by atoms with van der Waals surface area (Å²) in [6.07, 6.45) is 0. The number of halogens is 2. The van der Waals surface area contributed by atoms with Gasteiger partial charge in [-0.25, -0.2) is 18.2 Å². The number of nitrogens with zero attached hydrogens (tertiary/aromatic N) is 2. The average molecular weight is 565 g/mol. The summed E-state index contributed by atoms with van der Waals surface area (Å²) in [6, 6.07) is 19.1. The maximum Gasteiger partial charge on any atom is 0.264 e. The van der Waals surface area contributed by atoms with Crippen LogP contribution in [0.5, 0.6) is 0 Å². The number of hydrogen-bond acceptors (Lipinski definition) is 4. The molecular weight excluding hydrogens is 544 g/mol. The van der Waals surface area contributed by atoms with E-state index in [1.807, 2.05) is 31.2 Å². The Morgan fingerprint density at radius 1 is 1.06 bits per heavy atom. The third-order valence-corrected chi connectivity index (χ3v) is 7.05. The molecule has 0 bridgehead atoms. The van der Waals surface area contributed by atoms with Gasteiger partial charge in [-0.15, -0.1) is 0 Å². The number of hydrazone groups is 1. The second-order valence-corrected chi connectivity index (χ2v) is 10.1. The van der Waals surface area contributed by atoms with Crippen molar-refractivity contribution in [2.45, 2.75) is 18.7 Å². The molecule has 3 aromatic carbocycles. The summed E-state index contributed by atoms with van der Waals surface area (Å²) in [5.74, 6) is -1.46. The lowest BCUT2D eigenvalue weighted by atomic mass is 10.1. The SMILES string of the molecule is C/C(=N/NC(=O)CN(c1ccccc1F)S(=O)(=O)c1ccc(C)cc1)c1cccc(I)c1. The molecule has 0 spiro atoms. The summed E-state index contributed by atoms with van der Waals surface area (Å²) in [6.45, 7) is 2.91. The summed E-state index contributed by atoms with van der Waals surface area (Å²) < 4.78 is 42.8. The lowest BCUT2D eigenvalue weighted by Gasteiger charge is -2.24. The monoisotopic (exact) mass is 565 g/mol. The summed E-state index contributed by atoms with van der Waals surface area (Å²) in [7, 11) is -4.20. The fourth-order valence-electron chi connectivity index (χ4n) is 2.88. The van der Waals surface area contributed by atoms with Gasteiger partial charge in [0.2, 0.25) is 0 Å². The number of carbonyl (C=O) groups is 1. The van der Waals surface area contributed by atoms with Crippen LogP contribution in [0.15, 0.2) is 82.8 Å². The lowest BCUT2D eigenvalue weighted by molar-refractivity contribution is -0.119. The molecular formula is C23H21FIN3O3S. The summed E-state index contributed by atoms with van der Waals surface area (Å²) >= 11 is 2.17. The van der Waals surface area contributed by atoms with Gasteiger partial charge in [0.15, 0.2) is 0 Å². The smallest absolute Gasteiger partial charge is 0.264 e. The van der Waals surface area contributed by atoms with E-state index in [1.54, 1.807) is 19.1 Å². The summed E-state index contributed by atoms with van der Waals surface area (Å²) in [5.41, 5.74) is 4.39. The van der Waals surface area contributed by atoms with E-state index in [9.17, 15) is 17.6 Å². The molecule has 9 heteroatoms. The van der Waals surface area contributed by atoms with Crippen molar-refractivity contribution in [3.05, 3.63) is 93.3 Å². The second-order valence-electron chi connectivity index (χ2n) is 7.02. The molecule has 0 heterocycles. The number of aryl methyl sites for hydroxylation is 1. The van der Waals surface area contributed by atoms with Crippen molar-refractivity contribution in [1.82, 2.24) is 5.43 Å². The van der Waals surface area contributed by atoms with Gasteiger partial charge in [-0.05, 0) is 78.4 Å².